The van der Waals surface area contributed by atoms with Gasteiger partial charge in [0.2, 0.25) is 0 Å². The van der Waals surface area contributed by atoms with Crippen LogP contribution in [0.3, 0.4) is 0 Å². The van der Waals surface area contributed by atoms with E-state index < -0.39 is 0 Å². The Labute approximate surface area is 115 Å². The van der Waals surface area contributed by atoms with Crippen LogP contribution in [0.15, 0.2) is 36.7 Å². The molecule has 0 aliphatic heterocycles. The number of methoxy groups -OCH3 is 1. The number of ether oxygens (including phenoxy) is 1. The van der Waals surface area contributed by atoms with Crippen LogP contribution in [0.1, 0.15) is 5.82 Å². The molecule has 0 saturated heterocycles. The number of aryl methyl sites for hydroxylation is 1. The van der Waals surface area contributed by atoms with E-state index in [9.17, 15) is 0 Å². The van der Waals surface area contributed by atoms with E-state index in [-0.39, 0.29) is 0 Å². The molecule has 0 aliphatic carbocycles. The lowest BCUT2D eigenvalue weighted by Gasteiger charge is -2.08. The van der Waals surface area contributed by atoms with Crippen LogP contribution in [-0.2, 0) is 0 Å². The first-order valence-electron chi connectivity index (χ1n) is 5.84. The Morgan fingerprint density at radius 2 is 2.11 bits per heavy atom. The molecule has 0 bridgehead atoms. The van der Waals surface area contributed by atoms with Crippen molar-refractivity contribution in [3.05, 3.63) is 47.5 Å². The van der Waals surface area contributed by atoms with Gasteiger partial charge >= 0.3 is 0 Å². The molecule has 0 radical (unpaired) electrons. The monoisotopic (exact) mass is 273 g/mol. The second-order valence-electron chi connectivity index (χ2n) is 4.17. The second kappa shape index (κ2) is 4.55. The van der Waals surface area contributed by atoms with Crippen LogP contribution in [0.5, 0.6) is 5.75 Å². The van der Waals surface area contributed by atoms with E-state index in [0.29, 0.717) is 16.7 Å². The summed E-state index contributed by atoms with van der Waals surface area (Å²) in [5.74, 6) is 2.19. The molecule has 0 unspecified atom stereocenters. The van der Waals surface area contributed by atoms with E-state index in [4.69, 9.17) is 16.3 Å². The molecule has 0 saturated carbocycles. The fourth-order valence-electron chi connectivity index (χ4n) is 2.11. The average molecular weight is 274 g/mol. The van der Waals surface area contributed by atoms with Crippen LogP contribution >= 0.6 is 11.6 Å². The fourth-order valence-corrected chi connectivity index (χ4v) is 2.30. The summed E-state index contributed by atoms with van der Waals surface area (Å²) < 4.78 is 7.29. The van der Waals surface area contributed by atoms with E-state index in [1.54, 1.807) is 13.3 Å². The van der Waals surface area contributed by atoms with Gasteiger partial charge in [0.05, 0.1) is 18.8 Å². The first-order chi connectivity index (χ1) is 9.20. The largest absolute Gasteiger partial charge is 0.496 e. The Morgan fingerprint density at radius 1 is 1.26 bits per heavy atom. The van der Waals surface area contributed by atoms with Crippen molar-refractivity contribution in [1.82, 2.24) is 14.5 Å². The zero-order valence-corrected chi connectivity index (χ0v) is 11.3. The van der Waals surface area contributed by atoms with Gasteiger partial charge in [-0.25, -0.2) is 9.97 Å². The van der Waals surface area contributed by atoms with Crippen LogP contribution in [0.25, 0.3) is 16.7 Å². The normalized spacial score (nSPS) is 10.9. The highest BCUT2D eigenvalue weighted by molar-refractivity contribution is 6.32. The Bertz CT molecular complexity index is 752. The fraction of sp³-hybridized carbons (Fsp3) is 0.143. The Hall–Kier alpha value is -2.07. The molecule has 1 aromatic carbocycles. The van der Waals surface area contributed by atoms with Gasteiger partial charge in [-0.05, 0) is 25.1 Å². The predicted molar refractivity (Wildman–Crippen MR) is 75.2 cm³/mol. The number of nitrogens with zero attached hydrogens (tertiary/aromatic N) is 3. The van der Waals surface area contributed by atoms with Crippen molar-refractivity contribution >= 4 is 22.5 Å². The summed E-state index contributed by atoms with van der Waals surface area (Å²) in [7, 11) is 1.66. The molecule has 0 amide bonds. The van der Waals surface area contributed by atoms with Crippen LogP contribution in [-0.4, -0.2) is 21.6 Å². The molecule has 0 spiro atoms. The molecular formula is C14H12ClN3O. The highest BCUT2D eigenvalue weighted by atomic mass is 35.5. The van der Waals surface area contributed by atoms with Crippen molar-refractivity contribution in [1.29, 1.82) is 0 Å². The van der Waals surface area contributed by atoms with Crippen molar-refractivity contribution in [2.75, 3.05) is 7.11 Å². The maximum atomic E-state index is 6.18. The quantitative estimate of drug-likeness (QED) is 0.718. The minimum absolute atomic E-state index is 0.519. The number of aromatic nitrogens is 3. The molecular weight excluding hydrogens is 262 g/mol. The van der Waals surface area contributed by atoms with Crippen LogP contribution in [0.2, 0.25) is 5.02 Å². The number of rotatable bonds is 2. The zero-order chi connectivity index (χ0) is 13.4. The SMILES string of the molecule is COc1cccc2c1ccn2-c1nc(C)ncc1Cl. The van der Waals surface area contributed by atoms with Crippen molar-refractivity contribution in [2.45, 2.75) is 6.92 Å². The lowest BCUT2D eigenvalue weighted by molar-refractivity contribution is 0.420. The van der Waals surface area contributed by atoms with E-state index >= 15 is 0 Å². The van der Waals surface area contributed by atoms with Gasteiger partial charge in [0.1, 0.15) is 16.6 Å². The molecule has 2 heterocycles. The van der Waals surface area contributed by atoms with Crippen molar-refractivity contribution in [2.24, 2.45) is 0 Å². The molecule has 0 fully saturated rings. The third kappa shape index (κ3) is 1.94. The van der Waals surface area contributed by atoms with Crippen LogP contribution < -0.4 is 4.74 Å². The number of fused-ring (bicyclic) bond motifs is 1. The number of hydrogen-bond acceptors (Lipinski definition) is 3. The molecule has 0 aliphatic rings. The molecule has 5 heteroatoms. The summed E-state index contributed by atoms with van der Waals surface area (Å²) >= 11 is 6.18. The summed E-state index contributed by atoms with van der Waals surface area (Å²) in [6, 6.07) is 7.87. The van der Waals surface area contributed by atoms with E-state index in [2.05, 4.69) is 9.97 Å². The predicted octanol–water partition coefficient (Wildman–Crippen LogP) is 3.39. The van der Waals surface area contributed by atoms with Crippen molar-refractivity contribution < 1.29 is 4.74 Å². The third-order valence-corrected chi connectivity index (χ3v) is 3.25. The summed E-state index contributed by atoms with van der Waals surface area (Å²) in [4.78, 5) is 8.48. The zero-order valence-electron chi connectivity index (χ0n) is 10.6. The van der Waals surface area contributed by atoms with Crippen molar-refractivity contribution in [3.8, 4) is 11.6 Å². The summed E-state index contributed by atoms with van der Waals surface area (Å²) in [5.41, 5.74) is 0.999. The molecule has 0 atom stereocenters. The first kappa shape index (κ1) is 12.0. The lowest BCUT2D eigenvalue weighted by atomic mass is 10.2. The summed E-state index contributed by atoms with van der Waals surface area (Å²) in [6.45, 7) is 1.84. The lowest BCUT2D eigenvalue weighted by Crippen LogP contribution is -2.00. The molecule has 96 valence electrons. The Kier molecular flexibility index (Phi) is 2.87. The van der Waals surface area contributed by atoms with Crippen LogP contribution in [0, 0.1) is 6.92 Å². The number of benzene rings is 1. The van der Waals surface area contributed by atoms with Gasteiger partial charge in [-0.2, -0.15) is 0 Å². The topological polar surface area (TPSA) is 39.9 Å². The molecule has 3 aromatic rings. The third-order valence-electron chi connectivity index (χ3n) is 2.99. The van der Waals surface area contributed by atoms with E-state index in [0.717, 1.165) is 16.7 Å². The minimum atomic E-state index is 0.519. The van der Waals surface area contributed by atoms with Gasteiger partial charge in [0, 0.05) is 11.6 Å². The van der Waals surface area contributed by atoms with Gasteiger partial charge in [-0.15, -0.1) is 0 Å². The summed E-state index contributed by atoms with van der Waals surface area (Å²) in [6.07, 6.45) is 3.55. The Balaban J connectivity index is 2.29. The van der Waals surface area contributed by atoms with Gasteiger partial charge in [-0.1, -0.05) is 17.7 Å². The molecule has 19 heavy (non-hydrogen) atoms. The summed E-state index contributed by atoms with van der Waals surface area (Å²) in [5, 5.41) is 1.54. The Morgan fingerprint density at radius 3 is 2.89 bits per heavy atom. The van der Waals surface area contributed by atoms with Crippen molar-refractivity contribution in [3.63, 3.8) is 0 Å². The average Bonchev–Trinajstić information content (AvgIpc) is 2.85. The minimum Gasteiger partial charge on any atom is -0.496 e. The molecule has 2 aromatic heterocycles. The van der Waals surface area contributed by atoms with Crippen LogP contribution in [0.4, 0.5) is 0 Å². The smallest absolute Gasteiger partial charge is 0.159 e. The highest BCUT2D eigenvalue weighted by Gasteiger charge is 2.11. The molecule has 3 rings (SSSR count). The van der Waals surface area contributed by atoms with Gasteiger partial charge < -0.3 is 4.74 Å². The van der Waals surface area contributed by atoms with Gasteiger partial charge in [0.25, 0.3) is 0 Å². The number of halogens is 1. The molecule has 0 N–H and O–H groups in total. The number of hydrogen-bond donors (Lipinski definition) is 0. The van der Waals surface area contributed by atoms with E-state index in [1.165, 1.54) is 0 Å². The first-order valence-corrected chi connectivity index (χ1v) is 6.22. The molecule has 4 nitrogen and oxygen atoms in total. The maximum Gasteiger partial charge on any atom is 0.159 e. The second-order valence-corrected chi connectivity index (χ2v) is 4.57. The van der Waals surface area contributed by atoms with E-state index in [1.807, 2.05) is 42.0 Å². The van der Waals surface area contributed by atoms with Gasteiger partial charge in [-0.3, -0.25) is 4.57 Å². The highest BCUT2D eigenvalue weighted by Crippen LogP contribution is 2.29. The standard InChI is InChI=1S/C14H12ClN3O/c1-9-16-8-11(15)14(17-9)18-7-6-10-12(18)4-3-5-13(10)19-2/h3-8H,1-2H3. The van der Waals surface area contributed by atoms with Gasteiger partial charge in [0.15, 0.2) is 5.82 Å². The maximum absolute atomic E-state index is 6.18.